The number of rotatable bonds is 1. The number of aliphatic hydroxyl groups is 1. The molecule has 0 heterocycles. The fourth-order valence-corrected chi connectivity index (χ4v) is 3.01. The van der Waals surface area contributed by atoms with Crippen LogP contribution in [0.4, 0.5) is 0 Å². The van der Waals surface area contributed by atoms with Crippen LogP contribution in [0.25, 0.3) is 0 Å². The third kappa shape index (κ3) is 1.23. The Morgan fingerprint density at radius 2 is 1.85 bits per heavy atom. The normalized spacial score (nSPS) is 53.8. The van der Waals surface area contributed by atoms with Crippen LogP contribution in [0, 0.1) is 11.3 Å². The highest BCUT2D eigenvalue weighted by molar-refractivity contribution is 5.20. The van der Waals surface area contributed by atoms with Crippen molar-refractivity contribution in [1.82, 2.24) is 0 Å². The zero-order chi connectivity index (χ0) is 9.91. The van der Waals surface area contributed by atoms with Crippen LogP contribution in [-0.2, 0) is 0 Å². The fourth-order valence-electron chi connectivity index (χ4n) is 3.01. The monoisotopic (exact) mass is 183 g/mol. The van der Waals surface area contributed by atoms with Gasteiger partial charge in [-0.15, -0.1) is 0 Å². The Hall–Kier alpha value is -0.0800. The molecule has 0 amide bonds. The smallest absolute Gasteiger partial charge is 0.0834 e. The minimum absolute atomic E-state index is 0.263. The zero-order valence-corrected chi connectivity index (χ0v) is 8.93. The molecule has 3 unspecified atom stereocenters. The molecule has 0 radical (unpaired) electrons. The van der Waals surface area contributed by atoms with Crippen LogP contribution in [0.1, 0.15) is 46.5 Å². The lowest BCUT2D eigenvalue weighted by molar-refractivity contribution is -0.00304. The van der Waals surface area contributed by atoms with Crippen molar-refractivity contribution >= 4 is 0 Å². The van der Waals surface area contributed by atoms with Crippen LogP contribution in [0.3, 0.4) is 0 Å². The fraction of sp³-hybridized carbons (Fsp3) is 1.00. The van der Waals surface area contributed by atoms with E-state index in [0.29, 0.717) is 5.92 Å². The van der Waals surface area contributed by atoms with E-state index in [4.69, 9.17) is 5.73 Å². The van der Waals surface area contributed by atoms with E-state index in [0.717, 1.165) is 25.7 Å². The Morgan fingerprint density at radius 3 is 2.15 bits per heavy atom. The van der Waals surface area contributed by atoms with Crippen molar-refractivity contribution in [2.24, 2.45) is 17.1 Å². The van der Waals surface area contributed by atoms with Crippen molar-refractivity contribution in [2.75, 3.05) is 0 Å². The maximum atomic E-state index is 10.5. The maximum Gasteiger partial charge on any atom is 0.0834 e. The first-order chi connectivity index (χ1) is 5.79. The van der Waals surface area contributed by atoms with Crippen LogP contribution < -0.4 is 5.73 Å². The molecule has 76 valence electrons. The molecule has 2 heteroatoms. The second-order valence-electron chi connectivity index (χ2n) is 6.02. The lowest BCUT2D eigenvalue weighted by atomic mass is 9.84. The first-order valence-electron chi connectivity index (χ1n) is 5.30. The van der Waals surface area contributed by atoms with E-state index in [-0.39, 0.29) is 11.0 Å². The second kappa shape index (κ2) is 2.29. The van der Waals surface area contributed by atoms with Crippen LogP contribution in [0.2, 0.25) is 0 Å². The number of hydrogen-bond acceptors (Lipinski definition) is 2. The molecule has 0 saturated heterocycles. The lowest BCUT2D eigenvalue weighted by Gasteiger charge is -2.32. The Kier molecular flexibility index (Phi) is 1.67. The summed E-state index contributed by atoms with van der Waals surface area (Å²) in [5, 5.41) is 10.5. The summed E-state index contributed by atoms with van der Waals surface area (Å²) in [6, 6.07) is 0. The van der Waals surface area contributed by atoms with Crippen molar-refractivity contribution in [3.8, 4) is 0 Å². The second-order valence-corrected chi connectivity index (χ2v) is 6.02. The van der Waals surface area contributed by atoms with E-state index in [2.05, 4.69) is 20.8 Å². The van der Waals surface area contributed by atoms with E-state index in [9.17, 15) is 5.11 Å². The Labute approximate surface area is 80.5 Å². The van der Waals surface area contributed by atoms with Gasteiger partial charge in [0.25, 0.3) is 0 Å². The van der Waals surface area contributed by atoms with Crippen LogP contribution >= 0.6 is 0 Å². The highest BCUT2D eigenvalue weighted by Gasteiger charge is 2.64. The minimum atomic E-state index is -0.573. The third-order valence-electron chi connectivity index (χ3n) is 4.22. The molecule has 2 fully saturated rings. The van der Waals surface area contributed by atoms with Gasteiger partial charge in [-0.1, -0.05) is 20.8 Å². The SMILES string of the molecule is CC1CC1(N)C1(O)CCC(C)(C)C1. The van der Waals surface area contributed by atoms with Gasteiger partial charge in [0.05, 0.1) is 5.60 Å². The number of hydrogen-bond donors (Lipinski definition) is 2. The van der Waals surface area contributed by atoms with E-state index < -0.39 is 5.60 Å². The molecule has 2 aliphatic carbocycles. The minimum Gasteiger partial charge on any atom is -0.388 e. The molecule has 13 heavy (non-hydrogen) atoms. The van der Waals surface area contributed by atoms with Gasteiger partial charge in [0.1, 0.15) is 0 Å². The summed E-state index contributed by atoms with van der Waals surface area (Å²) >= 11 is 0. The van der Waals surface area contributed by atoms with Crippen LogP contribution in [0.15, 0.2) is 0 Å². The molecule has 2 nitrogen and oxygen atoms in total. The van der Waals surface area contributed by atoms with Crippen molar-refractivity contribution < 1.29 is 5.11 Å². The topological polar surface area (TPSA) is 46.2 Å². The molecular formula is C11H21NO. The largest absolute Gasteiger partial charge is 0.388 e. The average Bonchev–Trinajstić information content (AvgIpc) is 2.45. The van der Waals surface area contributed by atoms with Gasteiger partial charge in [-0.25, -0.2) is 0 Å². The molecule has 0 bridgehead atoms. The molecule has 2 saturated carbocycles. The highest BCUT2D eigenvalue weighted by atomic mass is 16.3. The summed E-state index contributed by atoms with van der Waals surface area (Å²) in [6.45, 7) is 6.59. The van der Waals surface area contributed by atoms with Crippen molar-refractivity contribution in [2.45, 2.75) is 57.6 Å². The quantitative estimate of drug-likeness (QED) is 0.649. The van der Waals surface area contributed by atoms with Gasteiger partial charge in [0.2, 0.25) is 0 Å². The van der Waals surface area contributed by atoms with E-state index in [1.54, 1.807) is 0 Å². The van der Waals surface area contributed by atoms with Crippen molar-refractivity contribution in [3.05, 3.63) is 0 Å². The van der Waals surface area contributed by atoms with E-state index in [1.165, 1.54) is 0 Å². The molecule has 3 atom stereocenters. The summed E-state index contributed by atoms with van der Waals surface area (Å²) in [7, 11) is 0. The van der Waals surface area contributed by atoms with Gasteiger partial charge in [-0.05, 0) is 37.0 Å². The Morgan fingerprint density at radius 1 is 1.31 bits per heavy atom. The van der Waals surface area contributed by atoms with Gasteiger partial charge in [-0.3, -0.25) is 0 Å². The van der Waals surface area contributed by atoms with Crippen molar-refractivity contribution in [3.63, 3.8) is 0 Å². The van der Waals surface area contributed by atoms with Gasteiger partial charge < -0.3 is 10.8 Å². The zero-order valence-electron chi connectivity index (χ0n) is 8.93. The highest BCUT2D eigenvalue weighted by Crippen LogP contribution is 2.58. The summed E-state index contributed by atoms with van der Waals surface area (Å²) in [6.07, 6.45) is 3.87. The molecular weight excluding hydrogens is 162 g/mol. The molecule has 0 aromatic rings. The van der Waals surface area contributed by atoms with Gasteiger partial charge in [0.15, 0.2) is 0 Å². The molecule has 2 rings (SSSR count). The van der Waals surface area contributed by atoms with E-state index >= 15 is 0 Å². The molecule has 3 N–H and O–H groups in total. The first kappa shape index (κ1) is 9.47. The third-order valence-corrected chi connectivity index (χ3v) is 4.22. The Balaban J connectivity index is 2.16. The predicted octanol–water partition coefficient (Wildman–Crippen LogP) is 1.66. The first-order valence-corrected chi connectivity index (χ1v) is 5.30. The summed E-state index contributed by atoms with van der Waals surface area (Å²) < 4.78 is 0. The lowest BCUT2D eigenvalue weighted by Crippen LogP contribution is -2.50. The standard InChI is InChI=1S/C11H21NO/c1-8-6-11(8,12)10(13)5-4-9(2,3)7-10/h8,13H,4-7,12H2,1-3H3. The summed E-state index contributed by atoms with van der Waals surface area (Å²) in [5.41, 5.74) is 5.65. The molecule has 0 aromatic carbocycles. The van der Waals surface area contributed by atoms with Gasteiger partial charge in [0, 0.05) is 5.54 Å². The van der Waals surface area contributed by atoms with Crippen molar-refractivity contribution in [1.29, 1.82) is 0 Å². The predicted molar refractivity (Wildman–Crippen MR) is 53.3 cm³/mol. The summed E-state index contributed by atoms with van der Waals surface area (Å²) in [5.74, 6) is 0.506. The molecule has 2 aliphatic rings. The van der Waals surface area contributed by atoms with E-state index in [1.807, 2.05) is 0 Å². The molecule has 0 aromatic heterocycles. The Bertz CT molecular complexity index is 238. The van der Waals surface area contributed by atoms with Crippen LogP contribution in [0.5, 0.6) is 0 Å². The van der Waals surface area contributed by atoms with Gasteiger partial charge in [-0.2, -0.15) is 0 Å². The average molecular weight is 183 g/mol. The van der Waals surface area contributed by atoms with Gasteiger partial charge >= 0.3 is 0 Å². The molecule has 0 spiro atoms. The summed E-state index contributed by atoms with van der Waals surface area (Å²) in [4.78, 5) is 0. The number of nitrogens with two attached hydrogens (primary N) is 1. The molecule has 0 aliphatic heterocycles. The van der Waals surface area contributed by atoms with Crippen LogP contribution in [-0.4, -0.2) is 16.2 Å². The maximum absolute atomic E-state index is 10.5.